The Morgan fingerprint density at radius 3 is 2.84 bits per heavy atom. The van der Waals surface area contributed by atoms with Gasteiger partial charge in [-0.05, 0) is 18.2 Å². The van der Waals surface area contributed by atoms with E-state index in [-0.39, 0.29) is 0 Å². The predicted molar refractivity (Wildman–Crippen MR) is 73.8 cm³/mol. The molecule has 0 aliphatic heterocycles. The van der Waals surface area contributed by atoms with Crippen molar-refractivity contribution >= 4 is 17.0 Å². The molecule has 94 valence electrons. The summed E-state index contributed by atoms with van der Waals surface area (Å²) in [6.45, 7) is 0. The Bertz CT molecular complexity index is 758. The van der Waals surface area contributed by atoms with E-state index in [4.69, 9.17) is 11.6 Å². The molecule has 0 atom stereocenters. The van der Waals surface area contributed by atoms with Crippen LogP contribution in [0, 0.1) is 0 Å². The van der Waals surface area contributed by atoms with E-state index in [9.17, 15) is 0 Å². The maximum absolute atomic E-state index is 5.72. The van der Waals surface area contributed by atoms with Gasteiger partial charge < -0.3 is 11.6 Å². The Morgan fingerprint density at radius 2 is 2.00 bits per heavy atom. The predicted octanol–water partition coefficient (Wildman–Crippen LogP) is 0.999. The summed E-state index contributed by atoms with van der Waals surface area (Å²) in [4.78, 5) is 8.58. The second-order valence-corrected chi connectivity index (χ2v) is 4.02. The van der Waals surface area contributed by atoms with Gasteiger partial charge in [-0.1, -0.05) is 12.1 Å². The molecule has 0 aliphatic rings. The van der Waals surface area contributed by atoms with Crippen LogP contribution in [0.25, 0.3) is 16.9 Å². The topological polar surface area (TPSA) is 95.1 Å². The first-order valence-electron chi connectivity index (χ1n) is 5.72. The molecule has 0 amide bonds. The molecule has 19 heavy (non-hydrogen) atoms. The third kappa shape index (κ3) is 1.89. The van der Waals surface area contributed by atoms with Gasteiger partial charge >= 0.3 is 0 Å². The van der Waals surface area contributed by atoms with Crippen molar-refractivity contribution in [3.63, 3.8) is 0 Å². The zero-order chi connectivity index (χ0) is 13.2. The molecule has 0 radical (unpaired) electrons. The van der Waals surface area contributed by atoms with Crippen molar-refractivity contribution in [2.45, 2.75) is 0 Å². The number of hydrogen-bond acceptors (Lipinski definition) is 4. The molecule has 2 heterocycles. The molecule has 1 aromatic carbocycles. The first kappa shape index (κ1) is 11.2. The SMILES string of the molecule is N/N=C(\N)c1cccc(-n2ccc3nccnc32)c1. The van der Waals surface area contributed by atoms with Crippen LogP contribution >= 0.6 is 0 Å². The first-order valence-corrected chi connectivity index (χ1v) is 5.72. The van der Waals surface area contributed by atoms with Crippen molar-refractivity contribution in [3.05, 3.63) is 54.5 Å². The Kier molecular flexibility index (Phi) is 2.60. The lowest BCUT2D eigenvalue weighted by Gasteiger charge is -2.06. The van der Waals surface area contributed by atoms with Gasteiger partial charge in [0.25, 0.3) is 0 Å². The molecule has 3 aromatic rings. The normalized spacial score (nSPS) is 11.9. The maximum Gasteiger partial charge on any atom is 0.163 e. The highest BCUT2D eigenvalue weighted by molar-refractivity contribution is 5.97. The van der Waals surface area contributed by atoms with E-state index < -0.39 is 0 Å². The highest BCUT2D eigenvalue weighted by atomic mass is 15.2. The van der Waals surface area contributed by atoms with Crippen LogP contribution < -0.4 is 11.6 Å². The van der Waals surface area contributed by atoms with Crippen LogP contribution in [-0.4, -0.2) is 20.4 Å². The molecule has 0 aliphatic carbocycles. The molecule has 6 heteroatoms. The van der Waals surface area contributed by atoms with E-state index in [0.717, 1.165) is 22.4 Å². The summed E-state index contributed by atoms with van der Waals surface area (Å²) in [6, 6.07) is 9.52. The third-order valence-electron chi connectivity index (χ3n) is 2.88. The summed E-state index contributed by atoms with van der Waals surface area (Å²) in [5.74, 6) is 5.49. The van der Waals surface area contributed by atoms with Gasteiger partial charge in [-0.3, -0.25) is 9.55 Å². The van der Waals surface area contributed by atoms with E-state index in [1.807, 2.05) is 41.1 Å². The lowest BCUT2D eigenvalue weighted by molar-refractivity contribution is 1.08. The van der Waals surface area contributed by atoms with Gasteiger partial charge in [-0.15, -0.1) is 0 Å². The second-order valence-electron chi connectivity index (χ2n) is 4.02. The summed E-state index contributed by atoms with van der Waals surface area (Å²) in [5.41, 5.74) is 9.05. The molecular weight excluding hydrogens is 240 g/mol. The van der Waals surface area contributed by atoms with Crippen LogP contribution in [0.5, 0.6) is 0 Å². The molecule has 0 saturated heterocycles. The number of hydrogen-bond donors (Lipinski definition) is 2. The minimum Gasteiger partial charge on any atom is -0.382 e. The molecule has 4 N–H and O–H groups in total. The van der Waals surface area contributed by atoms with Crippen molar-refractivity contribution in [2.75, 3.05) is 0 Å². The molecular formula is C13H12N6. The van der Waals surface area contributed by atoms with E-state index in [1.165, 1.54) is 0 Å². The minimum absolute atomic E-state index is 0.296. The second kappa shape index (κ2) is 4.41. The molecule has 3 rings (SSSR count). The van der Waals surface area contributed by atoms with E-state index in [1.54, 1.807) is 12.4 Å². The number of benzene rings is 1. The lowest BCUT2D eigenvalue weighted by Crippen LogP contribution is -2.15. The highest BCUT2D eigenvalue weighted by Crippen LogP contribution is 2.17. The Labute approximate surface area is 109 Å². The quantitative estimate of drug-likeness (QED) is 0.308. The summed E-state index contributed by atoms with van der Waals surface area (Å²) >= 11 is 0. The summed E-state index contributed by atoms with van der Waals surface area (Å²) < 4.78 is 1.94. The number of nitrogens with two attached hydrogens (primary N) is 2. The third-order valence-corrected chi connectivity index (χ3v) is 2.88. The Morgan fingerprint density at radius 1 is 1.16 bits per heavy atom. The van der Waals surface area contributed by atoms with Crippen molar-refractivity contribution in [1.82, 2.24) is 14.5 Å². The van der Waals surface area contributed by atoms with Crippen LogP contribution in [0.1, 0.15) is 5.56 Å². The van der Waals surface area contributed by atoms with Crippen molar-refractivity contribution in [2.24, 2.45) is 16.7 Å². The van der Waals surface area contributed by atoms with Crippen LogP contribution in [0.15, 0.2) is 54.0 Å². The zero-order valence-corrected chi connectivity index (χ0v) is 10.1. The van der Waals surface area contributed by atoms with E-state index in [2.05, 4.69) is 15.1 Å². The number of hydrazone groups is 1. The molecule has 0 bridgehead atoms. The minimum atomic E-state index is 0.296. The van der Waals surface area contributed by atoms with Gasteiger partial charge in [0.05, 0.1) is 0 Å². The largest absolute Gasteiger partial charge is 0.382 e. The number of aromatic nitrogens is 3. The van der Waals surface area contributed by atoms with Crippen molar-refractivity contribution in [3.8, 4) is 5.69 Å². The molecule has 6 nitrogen and oxygen atoms in total. The van der Waals surface area contributed by atoms with Crippen LogP contribution in [0.4, 0.5) is 0 Å². The highest BCUT2D eigenvalue weighted by Gasteiger charge is 2.06. The van der Waals surface area contributed by atoms with Gasteiger partial charge in [0, 0.05) is 29.8 Å². The Hall–Kier alpha value is -2.89. The Balaban J connectivity index is 2.17. The smallest absolute Gasteiger partial charge is 0.163 e. The number of amidine groups is 1. The van der Waals surface area contributed by atoms with Gasteiger partial charge in [0.15, 0.2) is 5.65 Å². The maximum atomic E-state index is 5.72. The molecule has 0 saturated carbocycles. The van der Waals surface area contributed by atoms with E-state index >= 15 is 0 Å². The van der Waals surface area contributed by atoms with Gasteiger partial charge in [0.1, 0.15) is 11.4 Å². The molecule has 0 unspecified atom stereocenters. The van der Waals surface area contributed by atoms with Crippen LogP contribution in [-0.2, 0) is 0 Å². The average molecular weight is 252 g/mol. The lowest BCUT2D eigenvalue weighted by atomic mass is 10.2. The number of fused-ring (bicyclic) bond motifs is 1. The van der Waals surface area contributed by atoms with Crippen LogP contribution in [0.3, 0.4) is 0 Å². The van der Waals surface area contributed by atoms with E-state index in [0.29, 0.717) is 5.84 Å². The fourth-order valence-corrected chi connectivity index (χ4v) is 1.96. The first-order chi connectivity index (χ1) is 9.29. The van der Waals surface area contributed by atoms with Gasteiger partial charge in [-0.25, -0.2) is 4.98 Å². The monoisotopic (exact) mass is 252 g/mol. The average Bonchev–Trinajstić information content (AvgIpc) is 2.90. The molecule has 0 fully saturated rings. The van der Waals surface area contributed by atoms with Crippen molar-refractivity contribution in [1.29, 1.82) is 0 Å². The zero-order valence-electron chi connectivity index (χ0n) is 10.1. The van der Waals surface area contributed by atoms with Crippen molar-refractivity contribution < 1.29 is 0 Å². The van der Waals surface area contributed by atoms with Crippen LogP contribution in [0.2, 0.25) is 0 Å². The van der Waals surface area contributed by atoms with Gasteiger partial charge in [-0.2, -0.15) is 5.10 Å². The summed E-state index contributed by atoms with van der Waals surface area (Å²) in [5, 5.41) is 3.50. The standard InChI is InChI=1S/C13H12N6/c14-12(18-15)9-2-1-3-10(8-9)19-7-4-11-13(19)17-6-5-16-11/h1-8H,15H2,(H2,14,18). The number of rotatable bonds is 2. The summed E-state index contributed by atoms with van der Waals surface area (Å²) in [6.07, 6.45) is 5.25. The van der Waals surface area contributed by atoms with Gasteiger partial charge in [0.2, 0.25) is 0 Å². The fourth-order valence-electron chi connectivity index (χ4n) is 1.96. The number of nitrogens with zero attached hydrogens (tertiary/aromatic N) is 4. The molecule has 0 spiro atoms. The summed E-state index contributed by atoms with van der Waals surface area (Å²) in [7, 11) is 0. The fraction of sp³-hybridized carbons (Fsp3) is 0. The molecule has 2 aromatic heterocycles.